The normalized spacial score (nSPS) is 11.1. The van der Waals surface area contributed by atoms with E-state index in [2.05, 4.69) is 32.7 Å². The summed E-state index contributed by atoms with van der Waals surface area (Å²) in [4.78, 5) is 4.08. The van der Waals surface area contributed by atoms with Crippen molar-refractivity contribution >= 4 is 34.8 Å². The third-order valence-corrected chi connectivity index (χ3v) is 3.32. The zero-order valence-electron chi connectivity index (χ0n) is 10.1. The Morgan fingerprint density at radius 1 is 1.50 bits per heavy atom. The first-order chi connectivity index (χ1) is 8.61. The molecule has 1 aromatic carbocycles. The summed E-state index contributed by atoms with van der Waals surface area (Å²) < 4.78 is 7.90. The number of benzene rings is 1. The molecule has 0 radical (unpaired) electrons. The van der Waals surface area contributed by atoms with Gasteiger partial charge < -0.3 is 10.5 Å². The zero-order chi connectivity index (χ0) is 13.1. The molecule has 0 aliphatic rings. The molecule has 0 saturated heterocycles. The van der Waals surface area contributed by atoms with Gasteiger partial charge in [0.25, 0.3) is 0 Å². The third kappa shape index (κ3) is 2.63. The number of methoxy groups -OCH3 is 1. The molecule has 0 aliphatic carbocycles. The predicted octanol–water partition coefficient (Wildman–Crippen LogP) is 2.27. The van der Waals surface area contributed by atoms with Gasteiger partial charge in [0, 0.05) is 9.13 Å². The highest BCUT2D eigenvalue weighted by Crippen LogP contribution is 2.21. The van der Waals surface area contributed by atoms with Gasteiger partial charge in [-0.2, -0.15) is 5.10 Å². The van der Waals surface area contributed by atoms with E-state index in [0.717, 1.165) is 20.6 Å². The van der Waals surface area contributed by atoms with Crippen molar-refractivity contribution in [3.63, 3.8) is 0 Å². The molecule has 0 amide bonds. The average Bonchev–Trinajstić information content (AvgIpc) is 2.66. The molecule has 0 aliphatic heterocycles. The van der Waals surface area contributed by atoms with Gasteiger partial charge in [0.05, 0.1) is 25.2 Å². The summed E-state index contributed by atoms with van der Waals surface area (Å²) in [6.45, 7) is 1.87. The van der Waals surface area contributed by atoms with E-state index in [1.165, 1.54) is 4.68 Å². The molecule has 2 aromatic rings. The lowest BCUT2D eigenvalue weighted by molar-refractivity contribution is 0.414. The first-order valence-electron chi connectivity index (χ1n) is 5.30. The maximum Gasteiger partial charge on any atom is 0.221 e. The van der Waals surface area contributed by atoms with Crippen molar-refractivity contribution in [3.05, 3.63) is 39.2 Å². The van der Waals surface area contributed by atoms with Crippen LogP contribution in [-0.2, 0) is 0 Å². The Kier molecular flexibility index (Phi) is 3.85. The van der Waals surface area contributed by atoms with Crippen molar-refractivity contribution in [2.45, 2.75) is 6.92 Å². The molecule has 94 valence electrons. The molecule has 0 bridgehead atoms. The number of imidazole rings is 1. The van der Waals surface area contributed by atoms with Crippen LogP contribution in [0.2, 0.25) is 0 Å². The number of aromatic nitrogens is 2. The van der Waals surface area contributed by atoms with E-state index in [9.17, 15) is 0 Å². The minimum absolute atomic E-state index is 0.369. The van der Waals surface area contributed by atoms with Crippen molar-refractivity contribution in [2.75, 3.05) is 12.8 Å². The molecule has 6 heteroatoms. The van der Waals surface area contributed by atoms with Crippen LogP contribution in [0.15, 0.2) is 29.5 Å². The minimum atomic E-state index is 0.369. The highest BCUT2D eigenvalue weighted by Gasteiger charge is 2.05. The number of halogens is 1. The SMILES string of the molecule is COc1cccc(I)c1C=Nn1cc(C)nc1N. The first-order valence-corrected chi connectivity index (χ1v) is 6.38. The second kappa shape index (κ2) is 5.38. The second-order valence-corrected chi connectivity index (χ2v) is 4.85. The van der Waals surface area contributed by atoms with Gasteiger partial charge in [-0.3, -0.25) is 0 Å². The summed E-state index contributed by atoms with van der Waals surface area (Å²) in [5, 5.41) is 4.29. The summed E-state index contributed by atoms with van der Waals surface area (Å²) in [5.74, 6) is 1.15. The van der Waals surface area contributed by atoms with Gasteiger partial charge in [0.2, 0.25) is 5.95 Å². The first kappa shape index (κ1) is 12.9. The monoisotopic (exact) mass is 356 g/mol. The third-order valence-electron chi connectivity index (χ3n) is 2.38. The summed E-state index contributed by atoms with van der Waals surface area (Å²) in [5.41, 5.74) is 7.47. The Hall–Kier alpha value is -1.57. The van der Waals surface area contributed by atoms with Crippen molar-refractivity contribution in [1.29, 1.82) is 0 Å². The highest BCUT2D eigenvalue weighted by molar-refractivity contribution is 14.1. The molecular weight excluding hydrogens is 343 g/mol. The molecule has 0 unspecified atom stereocenters. The number of anilines is 1. The smallest absolute Gasteiger partial charge is 0.221 e. The largest absolute Gasteiger partial charge is 0.496 e. The van der Waals surface area contributed by atoms with Gasteiger partial charge in [-0.15, -0.1) is 0 Å². The van der Waals surface area contributed by atoms with Gasteiger partial charge in [0.15, 0.2) is 0 Å². The fourth-order valence-electron chi connectivity index (χ4n) is 1.54. The second-order valence-electron chi connectivity index (χ2n) is 3.69. The lowest BCUT2D eigenvalue weighted by Crippen LogP contribution is -1.99. The molecule has 0 saturated carbocycles. The van der Waals surface area contributed by atoms with Crippen LogP contribution >= 0.6 is 22.6 Å². The Balaban J connectivity index is 2.37. The van der Waals surface area contributed by atoms with Crippen molar-refractivity contribution in [2.24, 2.45) is 5.10 Å². The quantitative estimate of drug-likeness (QED) is 0.678. The molecular formula is C12H13IN4O. The van der Waals surface area contributed by atoms with E-state index in [4.69, 9.17) is 10.5 Å². The van der Waals surface area contributed by atoms with Gasteiger partial charge in [-0.1, -0.05) is 6.07 Å². The topological polar surface area (TPSA) is 65.4 Å². The Labute approximate surface area is 119 Å². The Morgan fingerprint density at radius 2 is 2.28 bits per heavy atom. The zero-order valence-corrected chi connectivity index (χ0v) is 12.2. The van der Waals surface area contributed by atoms with Crippen LogP contribution in [0.3, 0.4) is 0 Å². The van der Waals surface area contributed by atoms with Crippen molar-refractivity contribution in [1.82, 2.24) is 9.66 Å². The number of nitrogens with two attached hydrogens (primary N) is 1. The highest BCUT2D eigenvalue weighted by atomic mass is 127. The van der Waals surface area contributed by atoms with Crippen LogP contribution in [-0.4, -0.2) is 23.0 Å². The number of hydrogen-bond acceptors (Lipinski definition) is 4. The van der Waals surface area contributed by atoms with Crippen molar-refractivity contribution < 1.29 is 4.74 Å². The predicted molar refractivity (Wildman–Crippen MR) is 80.1 cm³/mol. The standard InChI is InChI=1S/C12H13IN4O/c1-8-7-17(12(14)16-8)15-6-9-10(13)4-3-5-11(9)18-2/h3-7H,1-2H3,(H2,14,16). The summed E-state index contributed by atoms with van der Waals surface area (Å²) >= 11 is 2.24. The maximum atomic E-state index is 5.72. The molecule has 2 rings (SSSR count). The maximum absolute atomic E-state index is 5.72. The van der Waals surface area contributed by atoms with Gasteiger partial charge >= 0.3 is 0 Å². The summed E-state index contributed by atoms with van der Waals surface area (Å²) in [6, 6.07) is 5.83. The Bertz CT molecular complexity index is 592. The van der Waals surface area contributed by atoms with Gasteiger partial charge in [0.1, 0.15) is 5.75 Å². The Morgan fingerprint density at radius 3 is 2.89 bits per heavy atom. The van der Waals surface area contributed by atoms with Crippen LogP contribution in [0.5, 0.6) is 5.75 Å². The molecule has 1 aromatic heterocycles. The molecule has 1 heterocycles. The molecule has 0 fully saturated rings. The molecule has 0 atom stereocenters. The van der Waals surface area contributed by atoms with E-state index >= 15 is 0 Å². The van der Waals surface area contributed by atoms with E-state index in [0.29, 0.717) is 5.95 Å². The lowest BCUT2D eigenvalue weighted by Gasteiger charge is -2.05. The van der Waals surface area contributed by atoms with Crippen LogP contribution in [0.4, 0.5) is 5.95 Å². The van der Waals surface area contributed by atoms with Crippen LogP contribution in [0.1, 0.15) is 11.3 Å². The fraction of sp³-hybridized carbons (Fsp3) is 0.167. The minimum Gasteiger partial charge on any atom is -0.496 e. The number of ether oxygens (including phenoxy) is 1. The number of nitrogens with zero attached hydrogens (tertiary/aromatic N) is 3. The number of aryl methyl sites for hydroxylation is 1. The van der Waals surface area contributed by atoms with E-state index in [1.807, 2.05) is 25.1 Å². The number of rotatable bonds is 3. The van der Waals surface area contributed by atoms with Crippen molar-refractivity contribution in [3.8, 4) is 5.75 Å². The van der Waals surface area contributed by atoms with Crippen LogP contribution < -0.4 is 10.5 Å². The van der Waals surface area contributed by atoms with Crippen LogP contribution in [0.25, 0.3) is 0 Å². The molecule has 5 nitrogen and oxygen atoms in total. The van der Waals surface area contributed by atoms with Crippen LogP contribution in [0, 0.1) is 10.5 Å². The van der Waals surface area contributed by atoms with Gasteiger partial charge in [-0.05, 0) is 41.6 Å². The van der Waals surface area contributed by atoms with E-state index < -0.39 is 0 Å². The number of nitrogen functional groups attached to an aromatic ring is 1. The fourth-order valence-corrected chi connectivity index (χ4v) is 2.15. The average molecular weight is 356 g/mol. The van der Waals surface area contributed by atoms with E-state index in [1.54, 1.807) is 19.5 Å². The van der Waals surface area contributed by atoms with E-state index in [-0.39, 0.29) is 0 Å². The molecule has 18 heavy (non-hydrogen) atoms. The summed E-state index contributed by atoms with van der Waals surface area (Å²) in [7, 11) is 1.64. The van der Waals surface area contributed by atoms with Gasteiger partial charge in [-0.25, -0.2) is 9.66 Å². The molecule has 2 N–H and O–H groups in total. The number of hydrogen-bond donors (Lipinski definition) is 1. The molecule has 0 spiro atoms. The summed E-state index contributed by atoms with van der Waals surface area (Å²) in [6.07, 6.45) is 3.49. The lowest BCUT2D eigenvalue weighted by atomic mass is 10.2.